The molecular formula is C26H22ClFN2O3. The summed E-state index contributed by atoms with van der Waals surface area (Å²) >= 11 is 6.38. The number of amides is 1. The number of nitrogens with zero attached hydrogens (tertiary/aromatic N) is 1. The van der Waals surface area contributed by atoms with Crippen molar-refractivity contribution in [3.05, 3.63) is 93.3 Å². The number of anilines is 1. The first-order valence-corrected chi connectivity index (χ1v) is 10.4. The van der Waals surface area contributed by atoms with Gasteiger partial charge in [-0.2, -0.15) is 5.26 Å². The second kappa shape index (κ2) is 10.7. The summed E-state index contributed by atoms with van der Waals surface area (Å²) in [5.74, 6) is -0.405. The van der Waals surface area contributed by atoms with E-state index in [2.05, 4.69) is 5.32 Å². The molecule has 3 rings (SSSR count). The zero-order chi connectivity index (χ0) is 24.0. The Morgan fingerprint density at radius 1 is 1.18 bits per heavy atom. The van der Waals surface area contributed by atoms with Crippen molar-refractivity contribution < 1.29 is 18.7 Å². The van der Waals surface area contributed by atoms with Crippen LogP contribution in [0.4, 0.5) is 10.1 Å². The number of halogens is 2. The van der Waals surface area contributed by atoms with Gasteiger partial charge in [-0.15, -0.1) is 0 Å². The molecule has 168 valence electrons. The van der Waals surface area contributed by atoms with E-state index in [0.29, 0.717) is 16.8 Å². The van der Waals surface area contributed by atoms with Crippen LogP contribution >= 0.6 is 11.6 Å². The lowest BCUT2D eigenvalue weighted by molar-refractivity contribution is -0.112. The van der Waals surface area contributed by atoms with Gasteiger partial charge in [-0.1, -0.05) is 41.9 Å². The SMILES string of the molecule is COc1cc(/C=C(\C#N)C(=O)Nc2cccc(C)c2C)cc(Cl)c1OCc1ccccc1F. The minimum absolute atomic E-state index is 0.0420. The topological polar surface area (TPSA) is 71.3 Å². The highest BCUT2D eigenvalue weighted by Crippen LogP contribution is 2.37. The third-order valence-electron chi connectivity index (χ3n) is 5.11. The molecular weight excluding hydrogens is 443 g/mol. The van der Waals surface area contributed by atoms with E-state index in [9.17, 15) is 14.4 Å². The van der Waals surface area contributed by atoms with Gasteiger partial charge in [0.25, 0.3) is 5.91 Å². The molecule has 1 amide bonds. The molecule has 0 atom stereocenters. The number of hydrogen-bond donors (Lipinski definition) is 1. The second-order valence-corrected chi connectivity index (χ2v) is 7.69. The zero-order valence-corrected chi connectivity index (χ0v) is 19.2. The van der Waals surface area contributed by atoms with Gasteiger partial charge >= 0.3 is 0 Å². The number of nitrogens with one attached hydrogen (secondary N) is 1. The summed E-state index contributed by atoms with van der Waals surface area (Å²) in [6.07, 6.45) is 1.41. The van der Waals surface area contributed by atoms with Crippen molar-refractivity contribution in [1.29, 1.82) is 5.26 Å². The summed E-state index contributed by atoms with van der Waals surface area (Å²) in [6.45, 7) is 3.79. The fraction of sp³-hybridized carbons (Fsp3) is 0.154. The van der Waals surface area contributed by atoms with Crippen LogP contribution in [0.15, 0.2) is 60.2 Å². The van der Waals surface area contributed by atoms with Crippen LogP contribution in [-0.2, 0) is 11.4 Å². The molecule has 0 aromatic heterocycles. The van der Waals surface area contributed by atoms with Crippen LogP contribution in [0.5, 0.6) is 11.5 Å². The van der Waals surface area contributed by atoms with E-state index >= 15 is 0 Å². The standard InChI is InChI=1S/C26H22ClFN2O3/c1-16-7-6-10-23(17(16)2)30-26(31)20(14-29)11-18-12-21(27)25(24(13-18)32-3)33-15-19-8-4-5-9-22(19)28/h4-13H,15H2,1-3H3,(H,30,31)/b20-11+. The molecule has 0 unspecified atom stereocenters. The maximum atomic E-state index is 13.9. The number of carbonyl (C=O) groups excluding carboxylic acids is 1. The van der Waals surface area contributed by atoms with E-state index < -0.39 is 5.91 Å². The summed E-state index contributed by atoms with van der Waals surface area (Å²) in [7, 11) is 1.44. The summed E-state index contributed by atoms with van der Waals surface area (Å²) in [6, 6.07) is 16.9. The van der Waals surface area contributed by atoms with Crippen LogP contribution in [0.2, 0.25) is 5.02 Å². The third-order valence-corrected chi connectivity index (χ3v) is 5.39. The van der Waals surface area contributed by atoms with Crippen molar-refractivity contribution >= 4 is 29.3 Å². The van der Waals surface area contributed by atoms with Crippen LogP contribution < -0.4 is 14.8 Å². The molecule has 33 heavy (non-hydrogen) atoms. The first kappa shape index (κ1) is 23.8. The Bertz CT molecular complexity index is 1260. The lowest BCUT2D eigenvalue weighted by Crippen LogP contribution is -2.14. The van der Waals surface area contributed by atoms with Gasteiger partial charge < -0.3 is 14.8 Å². The molecule has 0 bridgehead atoms. The number of hydrogen-bond acceptors (Lipinski definition) is 4. The van der Waals surface area contributed by atoms with Gasteiger partial charge in [-0.05, 0) is 60.9 Å². The molecule has 3 aromatic rings. The Morgan fingerprint density at radius 2 is 1.94 bits per heavy atom. The van der Waals surface area contributed by atoms with E-state index in [1.807, 2.05) is 32.0 Å². The van der Waals surface area contributed by atoms with E-state index in [1.54, 1.807) is 36.4 Å². The molecule has 0 aliphatic heterocycles. The first-order chi connectivity index (χ1) is 15.8. The van der Waals surface area contributed by atoms with Crippen molar-refractivity contribution in [1.82, 2.24) is 0 Å². The molecule has 1 N–H and O–H groups in total. The van der Waals surface area contributed by atoms with Crippen molar-refractivity contribution in [3.63, 3.8) is 0 Å². The smallest absolute Gasteiger partial charge is 0.266 e. The number of rotatable bonds is 7. The average molecular weight is 465 g/mol. The molecule has 0 aliphatic carbocycles. The highest BCUT2D eigenvalue weighted by atomic mass is 35.5. The van der Waals surface area contributed by atoms with Gasteiger partial charge in [-0.25, -0.2) is 4.39 Å². The largest absolute Gasteiger partial charge is 0.493 e. The predicted octanol–water partition coefficient (Wildman–Crippen LogP) is 6.23. The predicted molar refractivity (Wildman–Crippen MR) is 127 cm³/mol. The zero-order valence-electron chi connectivity index (χ0n) is 18.4. The van der Waals surface area contributed by atoms with Crippen LogP contribution in [0.1, 0.15) is 22.3 Å². The quantitative estimate of drug-likeness (QED) is 0.332. The number of benzene rings is 3. The van der Waals surface area contributed by atoms with Gasteiger partial charge in [0.15, 0.2) is 11.5 Å². The molecule has 7 heteroatoms. The lowest BCUT2D eigenvalue weighted by atomic mass is 10.1. The maximum Gasteiger partial charge on any atom is 0.266 e. The number of ether oxygens (including phenoxy) is 2. The number of methoxy groups -OCH3 is 1. The monoisotopic (exact) mass is 464 g/mol. The molecule has 3 aromatic carbocycles. The van der Waals surface area contributed by atoms with Crippen LogP contribution in [0.3, 0.4) is 0 Å². The number of carbonyl (C=O) groups is 1. The summed E-state index contributed by atoms with van der Waals surface area (Å²) in [5, 5.41) is 12.5. The number of nitriles is 1. The highest BCUT2D eigenvalue weighted by molar-refractivity contribution is 6.32. The Balaban J connectivity index is 1.85. The van der Waals surface area contributed by atoms with Crippen molar-refractivity contribution in [3.8, 4) is 17.6 Å². The molecule has 0 fully saturated rings. The van der Waals surface area contributed by atoms with Gasteiger partial charge in [0.05, 0.1) is 12.1 Å². The minimum Gasteiger partial charge on any atom is -0.493 e. The van der Waals surface area contributed by atoms with Crippen LogP contribution in [-0.4, -0.2) is 13.0 Å². The molecule has 0 aliphatic rings. The highest BCUT2D eigenvalue weighted by Gasteiger charge is 2.16. The molecule has 0 heterocycles. The molecule has 0 saturated heterocycles. The van der Waals surface area contributed by atoms with E-state index in [0.717, 1.165) is 11.1 Å². The van der Waals surface area contributed by atoms with E-state index in [1.165, 1.54) is 19.3 Å². The molecule has 5 nitrogen and oxygen atoms in total. The van der Waals surface area contributed by atoms with E-state index in [-0.39, 0.29) is 34.5 Å². The van der Waals surface area contributed by atoms with Gasteiger partial charge in [0.2, 0.25) is 0 Å². The maximum absolute atomic E-state index is 13.9. The Labute approximate surface area is 197 Å². The minimum atomic E-state index is -0.541. The number of aryl methyl sites for hydroxylation is 1. The fourth-order valence-corrected chi connectivity index (χ4v) is 3.39. The fourth-order valence-electron chi connectivity index (χ4n) is 3.12. The summed E-state index contributed by atoms with van der Waals surface area (Å²) < 4.78 is 25.0. The van der Waals surface area contributed by atoms with Gasteiger partial charge in [-0.3, -0.25) is 4.79 Å². The van der Waals surface area contributed by atoms with Crippen molar-refractivity contribution in [2.24, 2.45) is 0 Å². The van der Waals surface area contributed by atoms with Gasteiger partial charge in [0, 0.05) is 11.3 Å². The van der Waals surface area contributed by atoms with E-state index in [4.69, 9.17) is 21.1 Å². The van der Waals surface area contributed by atoms with Crippen molar-refractivity contribution in [2.45, 2.75) is 20.5 Å². The third kappa shape index (κ3) is 5.71. The Hall–Kier alpha value is -3.82. The molecule has 0 saturated carbocycles. The second-order valence-electron chi connectivity index (χ2n) is 7.29. The molecule has 0 spiro atoms. The first-order valence-electron chi connectivity index (χ1n) is 10.1. The normalized spacial score (nSPS) is 11.0. The summed E-state index contributed by atoms with van der Waals surface area (Å²) in [4.78, 5) is 12.7. The van der Waals surface area contributed by atoms with Gasteiger partial charge in [0.1, 0.15) is 24.1 Å². The van der Waals surface area contributed by atoms with Crippen LogP contribution in [0, 0.1) is 31.0 Å². The summed E-state index contributed by atoms with van der Waals surface area (Å²) in [5.41, 5.74) is 3.32. The lowest BCUT2D eigenvalue weighted by Gasteiger charge is -2.14. The Kier molecular flexibility index (Phi) is 7.70. The Morgan fingerprint density at radius 3 is 2.64 bits per heavy atom. The average Bonchev–Trinajstić information content (AvgIpc) is 2.80. The van der Waals surface area contributed by atoms with Crippen molar-refractivity contribution in [2.75, 3.05) is 12.4 Å². The molecule has 0 radical (unpaired) electrons. The van der Waals surface area contributed by atoms with Crippen LogP contribution in [0.25, 0.3) is 6.08 Å².